The van der Waals surface area contributed by atoms with E-state index in [1.54, 1.807) is 12.1 Å². The number of carbonyl (C=O) groups excluding carboxylic acids is 1. The Labute approximate surface area is 147 Å². The van der Waals surface area contributed by atoms with Gasteiger partial charge in [0.15, 0.2) is 5.65 Å². The van der Waals surface area contributed by atoms with Gasteiger partial charge in [0.25, 0.3) is 0 Å². The topological polar surface area (TPSA) is 81.3 Å². The summed E-state index contributed by atoms with van der Waals surface area (Å²) in [4.78, 5) is 28.7. The molecule has 24 heavy (non-hydrogen) atoms. The first-order valence-corrected chi connectivity index (χ1v) is 8.66. The number of hydrogen-bond donors (Lipinski definition) is 1. The van der Waals surface area contributed by atoms with Gasteiger partial charge in [-0.3, -0.25) is 4.79 Å². The lowest BCUT2D eigenvalue weighted by atomic mass is 10.3. The smallest absolute Gasteiger partial charge is 0.324 e. The fraction of sp³-hybridized carbons (Fsp3) is 0.0667. The molecule has 0 fully saturated rings. The summed E-state index contributed by atoms with van der Waals surface area (Å²) in [5, 5.41) is 8.91. The Bertz CT molecular complexity index is 1110. The Morgan fingerprint density at radius 1 is 1.25 bits per heavy atom. The Morgan fingerprint density at radius 3 is 2.83 bits per heavy atom. The maximum atomic E-state index is 12.4. The van der Waals surface area contributed by atoms with Crippen LogP contribution in [0.3, 0.4) is 0 Å². The number of thiophene rings is 1. The number of amides is 1. The summed E-state index contributed by atoms with van der Waals surface area (Å²) in [7, 11) is 0. The van der Waals surface area contributed by atoms with Gasteiger partial charge in [-0.1, -0.05) is 15.9 Å². The highest BCUT2D eigenvalue weighted by atomic mass is 79.9. The molecule has 1 N–H and O–H groups in total. The second-order valence-corrected chi connectivity index (χ2v) is 6.90. The van der Waals surface area contributed by atoms with Crippen LogP contribution in [-0.4, -0.2) is 25.1 Å². The lowest BCUT2D eigenvalue weighted by Crippen LogP contribution is -2.28. The van der Waals surface area contributed by atoms with Crippen LogP contribution in [0, 0.1) is 0 Å². The monoisotopic (exact) mass is 403 g/mol. The molecule has 0 radical (unpaired) electrons. The predicted molar refractivity (Wildman–Crippen MR) is 95.4 cm³/mol. The fourth-order valence-corrected chi connectivity index (χ4v) is 3.43. The lowest BCUT2D eigenvalue weighted by molar-refractivity contribution is -0.117. The number of anilines is 1. The molecule has 0 saturated carbocycles. The molecule has 7 nitrogen and oxygen atoms in total. The molecule has 0 aliphatic heterocycles. The van der Waals surface area contributed by atoms with Crippen LogP contribution in [-0.2, 0) is 11.3 Å². The van der Waals surface area contributed by atoms with Crippen molar-refractivity contribution in [3.63, 3.8) is 0 Å². The van der Waals surface area contributed by atoms with Gasteiger partial charge >= 0.3 is 5.69 Å². The van der Waals surface area contributed by atoms with E-state index < -0.39 is 5.69 Å². The standard InChI is InChI=1S/C15H10BrN5O2S/c16-9-1-3-10(4-2-9)18-12(22)7-21-15(23)20-8-17-11-5-6-24-13(11)14(20)19-21/h1-6,8H,7H2,(H,18,22). The third-order valence-electron chi connectivity index (χ3n) is 3.45. The van der Waals surface area contributed by atoms with Gasteiger partial charge in [-0.15, -0.1) is 16.4 Å². The Hall–Kier alpha value is -2.52. The summed E-state index contributed by atoms with van der Waals surface area (Å²) >= 11 is 4.79. The van der Waals surface area contributed by atoms with Gasteiger partial charge in [-0.2, -0.15) is 0 Å². The van der Waals surface area contributed by atoms with Crippen LogP contribution in [0.1, 0.15) is 0 Å². The minimum absolute atomic E-state index is 0.163. The van der Waals surface area contributed by atoms with Crippen LogP contribution in [0.25, 0.3) is 15.9 Å². The number of rotatable bonds is 3. The third-order valence-corrected chi connectivity index (χ3v) is 4.88. The minimum atomic E-state index is -0.390. The van der Waals surface area contributed by atoms with E-state index in [1.807, 2.05) is 23.6 Å². The molecule has 0 atom stereocenters. The molecule has 3 heterocycles. The van der Waals surface area contributed by atoms with Crippen LogP contribution in [0.5, 0.6) is 0 Å². The molecule has 0 spiro atoms. The summed E-state index contributed by atoms with van der Waals surface area (Å²) in [6.07, 6.45) is 1.43. The number of nitrogens with one attached hydrogen (secondary N) is 1. The molecule has 3 aromatic heterocycles. The molecule has 1 amide bonds. The Kier molecular flexibility index (Phi) is 3.66. The van der Waals surface area contributed by atoms with Gasteiger partial charge in [0.2, 0.25) is 5.91 Å². The number of benzene rings is 1. The first-order chi connectivity index (χ1) is 11.6. The van der Waals surface area contributed by atoms with Gasteiger partial charge in [-0.05, 0) is 35.7 Å². The molecule has 4 aromatic rings. The van der Waals surface area contributed by atoms with Crippen molar-refractivity contribution in [2.24, 2.45) is 0 Å². The van der Waals surface area contributed by atoms with E-state index in [0.717, 1.165) is 19.4 Å². The average Bonchev–Trinajstić information content (AvgIpc) is 3.15. The first kappa shape index (κ1) is 15.0. The molecule has 0 aliphatic rings. The van der Waals surface area contributed by atoms with Crippen LogP contribution >= 0.6 is 27.3 Å². The van der Waals surface area contributed by atoms with Crippen molar-refractivity contribution < 1.29 is 4.79 Å². The Balaban J connectivity index is 1.64. The van der Waals surface area contributed by atoms with Crippen molar-refractivity contribution in [3.05, 3.63) is 57.0 Å². The van der Waals surface area contributed by atoms with E-state index in [2.05, 4.69) is 31.3 Å². The molecule has 0 bridgehead atoms. The van der Waals surface area contributed by atoms with Gasteiger partial charge in [-0.25, -0.2) is 18.9 Å². The summed E-state index contributed by atoms with van der Waals surface area (Å²) in [6, 6.07) is 9.06. The molecule has 4 rings (SSSR count). The molecule has 0 saturated heterocycles. The van der Waals surface area contributed by atoms with E-state index in [-0.39, 0.29) is 12.5 Å². The zero-order valence-corrected chi connectivity index (χ0v) is 14.5. The maximum absolute atomic E-state index is 12.4. The molecule has 9 heteroatoms. The van der Waals surface area contributed by atoms with Gasteiger partial charge < -0.3 is 5.32 Å². The van der Waals surface area contributed by atoms with E-state index in [0.29, 0.717) is 11.3 Å². The molecular weight excluding hydrogens is 394 g/mol. The molecule has 1 aromatic carbocycles. The first-order valence-electron chi connectivity index (χ1n) is 6.98. The molecular formula is C15H10BrN5O2S. The highest BCUT2D eigenvalue weighted by molar-refractivity contribution is 9.10. The maximum Gasteiger partial charge on any atom is 0.352 e. The number of hydrogen-bond acceptors (Lipinski definition) is 5. The number of halogens is 1. The van der Waals surface area contributed by atoms with Crippen molar-refractivity contribution in [1.29, 1.82) is 0 Å². The lowest BCUT2D eigenvalue weighted by Gasteiger charge is -2.04. The van der Waals surface area contributed by atoms with Crippen molar-refractivity contribution in [3.8, 4) is 0 Å². The van der Waals surface area contributed by atoms with Crippen molar-refractivity contribution in [2.75, 3.05) is 5.32 Å². The zero-order chi connectivity index (χ0) is 16.7. The fourth-order valence-electron chi connectivity index (χ4n) is 2.34. The zero-order valence-electron chi connectivity index (χ0n) is 12.1. The van der Waals surface area contributed by atoms with Crippen LogP contribution in [0.15, 0.2) is 51.3 Å². The van der Waals surface area contributed by atoms with E-state index in [1.165, 1.54) is 22.1 Å². The van der Waals surface area contributed by atoms with Crippen molar-refractivity contribution in [1.82, 2.24) is 19.2 Å². The van der Waals surface area contributed by atoms with Crippen molar-refractivity contribution in [2.45, 2.75) is 6.54 Å². The van der Waals surface area contributed by atoms with Gasteiger partial charge in [0, 0.05) is 10.2 Å². The Morgan fingerprint density at radius 2 is 2.04 bits per heavy atom. The highest BCUT2D eigenvalue weighted by Gasteiger charge is 2.14. The largest absolute Gasteiger partial charge is 0.352 e. The highest BCUT2D eigenvalue weighted by Crippen LogP contribution is 2.21. The second-order valence-electron chi connectivity index (χ2n) is 5.07. The van der Waals surface area contributed by atoms with Crippen molar-refractivity contribution >= 4 is 54.7 Å². The van der Waals surface area contributed by atoms with Gasteiger partial charge in [0.1, 0.15) is 12.9 Å². The summed E-state index contributed by atoms with van der Waals surface area (Å²) in [5.74, 6) is -0.321. The minimum Gasteiger partial charge on any atom is -0.324 e. The van der Waals surface area contributed by atoms with E-state index in [4.69, 9.17) is 0 Å². The van der Waals surface area contributed by atoms with Crippen LogP contribution in [0.2, 0.25) is 0 Å². The van der Waals surface area contributed by atoms with Crippen LogP contribution in [0.4, 0.5) is 5.69 Å². The van der Waals surface area contributed by atoms with E-state index >= 15 is 0 Å². The van der Waals surface area contributed by atoms with E-state index in [9.17, 15) is 9.59 Å². The SMILES string of the molecule is O=C(Cn1nc2c3sccc3ncn2c1=O)Nc1ccc(Br)cc1. The number of fused-ring (bicyclic) bond motifs is 3. The molecule has 0 aliphatic carbocycles. The summed E-state index contributed by atoms with van der Waals surface area (Å²) < 4.78 is 4.24. The molecule has 120 valence electrons. The van der Waals surface area contributed by atoms with Gasteiger partial charge in [0.05, 0.1) is 10.2 Å². The number of aromatic nitrogens is 4. The number of carbonyl (C=O) groups is 1. The average molecular weight is 404 g/mol. The third kappa shape index (κ3) is 2.61. The summed E-state index contributed by atoms with van der Waals surface area (Å²) in [6.45, 7) is -0.163. The molecule has 0 unspecified atom stereocenters. The second kappa shape index (κ2) is 5.84. The quantitative estimate of drug-likeness (QED) is 0.569. The summed E-state index contributed by atoms with van der Waals surface area (Å²) in [5.41, 5.74) is 1.56. The normalized spacial score (nSPS) is 11.2. The number of nitrogens with zero attached hydrogens (tertiary/aromatic N) is 4. The van der Waals surface area contributed by atoms with Crippen LogP contribution < -0.4 is 11.0 Å². The predicted octanol–water partition coefficient (Wildman–Crippen LogP) is 2.51.